The zero-order valence-corrected chi connectivity index (χ0v) is 11.9. The minimum Gasteiger partial charge on any atom is -0.305 e. The summed E-state index contributed by atoms with van der Waals surface area (Å²) < 4.78 is 1.85. The number of rotatable bonds is 4. The Labute approximate surface area is 119 Å². The molecule has 1 unspecified atom stereocenters. The molecule has 0 aliphatic heterocycles. The molecule has 0 saturated heterocycles. The summed E-state index contributed by atoms with van der Waals surface area (Å²) in [4.78, 5) is 0. The fourth-order valence-corrected chi connectivity index (χ4v) is 2.57. The Hall–Kier alpha value is -2.13. The molecule has 3 heteroatoms. The van der Waals surface area contributed by atoms with E-state index in [1.165, 1.54) is 16.3 Å². The quantitative estimate of drug-likeness (QED) is 0.784. The average molecular weight is 265 g/mol. The number of aryl methyl sites for hydroxylation is 1. The van der Waals surface area contributed by atoms with Gasteiger partial charge in [-0.2, -0.15) is 5.10 Å². The maximum Gasteiger partial charge on any atom is 0.0839 e. The van der Waals surface area contributed by atoms with Crippen LogP contribution in [0.25, 0.3) is 10.8 Å². The van der Waals surface area contributed by atoms with Crippen LogP contribution in [0.1, 0.15) is 24.2 Å². The molecule has 2 aromatic carbocycles. The zero-order chi connectivity index (χ0) is 13.9. The molecule has 20 heavy (non-hydrogen) atoms. The third-order valence-corrected chi connectivity index (χ3v) is 3.55. The van der Waals surface area contributed by atoms with E-state index in [4.69, 9.17) is 0 Å². The van der Waals surface area contributed by atoms with Crippen LogP contribution >= 0.6 is 0 Å². The Bertz CT molecular complexity index is 715. The van der Waals surface area contributed by atoms with Crippen LogP contribution in [0.4, 0.5) is 0 Å². The zero-order valence-electron chi connectivity index (χ0n) is 11.9. The normalized spacial score (nSPS) is 12.7. The van der Waals surface area contributed by atoms with Gasteiger partial charge in [-0.3, -0.25) is 4.68 Å². The third-order valence-electron chi connectivity index (χ3n) is 3.55. The molecular weight excluding hydrogens is 246 g/mol. The predicted molar refractivity (Wildman–Crippen MR) is 82.7 cm³/mol. The van der Waals surface area contributed by atoms with E-state index in [1.54, 1.807) is 0 Å². The van der Waals surface area contributed by atoms with Crippen LogP contribution in [-0.2, 0) is 7.05 Å². The SMILES string of the molecule is CCNC(c1ccc2ccccc2c1)c1ccn(C)n1. The molecule has 0 bridgehead atoms. The molecule has 0 spiro atoms. The summed E-state index contributed by atoms with van der Waals surface area (Å²) in [6, 6.07) is 17.3. The van der Waals surface area contributed by atoms with E-state index in [0.717, 1.165) is 12.2 Å². The second-order valence-corrected chi connectivity index (χ2v) is 5.01. The molecule has 1 N–H and O–H groups in total. The van der Waals surface area contributed by atoms with Crippen molar-refractivity contribution in [2.45, 2.75) is 13.0 Å². The highest BCUT2D eigenvalue weighted by atomic mass is 15.3. The summed E-state index contributed by atoms with van der Waals surface area (Å²) in [7, 11) is 1.95. The Morgan fingerprint density at radius 3 is 2.60 bits per heavy atom. The lowest BCUT2D eigenvalue weighted by molar-refractivity contribution is 0.600. The molecule has 1 atom stereocenters. The molecule has 0 fully saturated rings. The molecule has 0 radical (unpaired) electrons. The minimum absolute atomic E-state index is 0.144. The number of hydrogen-bond acceptors (Lipinski definition) is 2. The number of benzene rings is 2. The van der Waals surface area contributed by atoms with Crippen molar-refractivity contribution in [2.24, 2.45) is 7.05 Å². The lowest BCUT2D eigenvalue weighted by Crippen LogP contribution is -2.22. The maximum atomic E-state index is 4.54. The third kappa shape index (κ3) is 2.45. The summed E-state index contributed by atoms with van der Waals surface area (Å²) in [6.07, 6.45) is 1.99. The molecule has 3 nitrogen and oxygen atoms in total. The van der Waals surface area contributed by atoms with Crippen molar-refractivity contribution in [1.82, 2.24) is 15.1 Å². The summed E-state index contributed by atoms with van der Waals surface area (Å²) in [5.41, 5.74) is 2.31. The Morgan fingerprint density at radius 2 is 1.90 bits per heavy atom. The van der Waals surface area contributed by atoms with Crippen molar-refractivity contribution in [3.63, 3.8) is 0 Å². The fourth-order valence-electron chi connectivity index (χ4n) is 2.57. The van der Waals surface area contributed by atoms with Crippen molar-refractivity contribution in [1.29, 1.82) is 0 Å². The number of nitrogens with zero attached hydrogens (tertiary/aromatic N) is 2. The smallest absolute Gasteiger partial charge is 0.0839 e. The largest absolute Gasteiger partial charge is 0.305 e. The lowest BCUT2D eigenvalue weighted by atomic mass is 10.00. The first-order valence-corrected chi connectivity index (χ1v) is 6.99. The van der Waals surface area contributed by atoms with Crippen LogP contribution in [0.5, 0.6) is 0 Å². The van der Waals surface area contributed by atoms with Gasteiger partial charge in [0.1, 0.15) is 0 Å². The summed E-state index contributed by atoms with van der Waals surface area (Å²) >= 11 is 0. The molecule has 3 rings (SSSR count). The van der Waals surface area contributed by atoms with Gasteiger partial charge < -0.3 is 5.32 Å². The first-order valence-electron chi connectivity index (χ1n) is 6.99. The molecular formula is C17H19N3. The molecule has 0 aliphatic rings. The monoisotopic (exact) mass is 265 g/mol. The Kier molecular flexibility index (Phi) is 3.52. The minimum atomic E-state index is 0.144. The first kappa shape index (κ1) is 12.9. The Balaban J connectivity index is 2.04. The van der Waals surface area contributed by atoms with Gasteiger partial charge in [-0.15, -0.1) is 0 Å². The summed E-state index contributed by atoms with van der Waals surface area (Å²) in [6.45, 7) is 3.03. The lowest BCUT2D eigenvalue weighted by Gasteiger charge is -2.17. The van der Waals surface area contributed by atoms with Crippen molar-refractivity contribution < 1.29 is 0 Å². The van der Waals surface area contributed by atoms with Crippen molar-refractivity contribution in [3.05, 3.63) is 66.0 Å². The van der Waals surface area contributed by atoms with Crippen LogP contribution in [0.15, 0.2) is 54.7 Å². The van der Waals surface area contributed by atoms with Crippen LogP contribution in [0, 0.1) is 0 Å². The van der Waals surface area contributed by atoms with Crippen molar-refractivity contribution in [2.75, 3.05) is 6.54 Å². The number of aromatic nitrogens is 2. The fraction of sp³-hybridized carbons (Fsp3) is 0.235. The van der Waals surface area contributed by atoms with Gasteiger partial charge in [-0.1, -0.05) is 43.3 Å². The van der Waals surface area contributed by atoms with Crippen LogP contribution in [0.3, 0.4) is 0 Å². The molecule has 0 amide bonds. The van der Waals surface area contributed by atoms with Gasteiger partial charge in [0.25, 0.3) is 0 Å². The van der Waals surface area contributed by atoms with Gasteiger partial charge in [0, 0.05) is 13.2 Å². The van der Waals surface area contributed by atoms with Gasteiger partial charge in [-0.05, 0) is 35.0 Å². The van der Waals surface area contributed by atoms with Crippen LogP contribution in [-0.4, -0.2) is 16.3 Å². The second-order valence-electron chi connectivity index (χ2n) is 5.01. The van der Waals surface area contributed by atoms with Gasteiger partial charge in [0.15, 0.2) is 0 Å². The molecule has 102 valence electrons. The van der Waals surface area contributed by atoms with E-state index < -0.39 is 0 Å². The summed E-state index contributed by atoms with van der Waals surface area (Å²) in [5.74, 6) is 0. The summed E-state index contributed by atoms with van der Waals surface area (Å²) in [5, 5.41) is 10.6. The average Bonchev–Trinajstić information content (AvgIpc) is 2.90. The molecule has 1 heterocycles. The highest BCUT2D eigenvalue weighted by molar-refractivity contribution is 5.83. The second kappa shape index (κ2) is 5.47. The van der Waals surface area contributed by atoms with Gasteiger partial charge >= 0.3 is 0 Å². The van der Waals surface area contributed by atoms with E-state index >= 15 is 0 Å². The van der Waals surface area contributed by atoms with Crippen LogP contribution < -0.4 is 5.32 Å². The van der Waals surface area contributed by atoms with Gasteiger partial charge in [0.2, 0.25) is 0 Å². The van der Waals surface area contributed by atoms with E-state index in [9.17, 15) is 0 Å². The predicted octanol–water partition coefficient (Wildman–Crippen LogP) is 3.27. The van der Waals surface area contributed by atoms with E-state index in [2.05, 4.69) is 65.9 Å². The van der Waals surface area contributed by atoms with E-state index in [-0.39, 0.29) is 6.04 Å². The Morgan fingerprint density at radius 1 is 1.10 bits per heavy atom. The van der Waals surface area contributed by atoms with Crippen molar-refractivity contribution in [3.8, 4) is 0 Å². The number of nitrogens with one attached hydrogen (secondary N) is 1. The van der Waals surface area contributed by atoms with E-state index in [1.807, 2.05) is 17.9 Å². The molecule has 0 saturated carbocycles. The number of hydrogen-bond donors (Lipinski definition) is 1. The molecule has 3 aromatic rings. The highest BCUT2D eigenvalue weighted by Gasteiger charge is 2.15. The topological polar surface area (TPSA) is 29.9 Å². The van der Waals surface area contributed by atoms with Crippen LogP contribution in [0.2, 0.25) is 0 Å². The van der Waals surface area contributed by atoms with Gasteiger partial charge in [-0.25, -0.2) is 0 Å². The maximum absolute atomic E-state index is 4.54. The standard InChI is InChI=1S/C17H19N3/c1-3-18-17(16-10-11-20(2)19-16)15-9-8-13-6-4-5-7-14(13)12-15/h4-12,17-18H,3H2,1-2H3. The number of fused-ring (bicyclic) bond motifs is 1. The molecule has 0 aliphatic carbocycles. The van der Waals surface area contributed by atoms with Crippen molar-refractivity contribution >= 4 is 10.8 Å². The molecule has 1 aromatic heterocycles. The first-order chi connectivity index (χ1) is 9.78. The highest BCUT2D eigenvalue weighted by Crippen LogP contribution is 2.24. The van der Waals surface area contributed by atoms with Gasteiger partial charge in [0.05, 0.1) is 11.7 Å². The van der Waals surface area contributed by atoms with E-state index in [0.29, 0.717) is 0 Å².